The second-order valence-corrected chi connectivity index (χ2v) is 4.52. The fourth-order valence-corrected chi connectivity index (χ4v) is 1.45. The van der Waals surface area contributed by atoms with Crippen molar-refractivity contribution in [3.63, 3.8) is 0 Å². The first-order valence-electron chi connectivity index (χ1n) is 5.88. The van der Waals surface area contributed by atoms with Crippen LogP contribution >= 0.6 is 0 Å². The third-order valence-electron chi connectivity index (χ3n) is 2.36. The first-order chi connectivity index (χ1) is 8.45. The Kier molecular flexibility index (Phi) is 5.03. The highest BCUT2D eigenvalue weighted by molar-refractivity contribution is 5.97. The van der Waals surface area contributed by atoms with E-state index in [2.05, 4.69) is 15.3 Å². The number of amides is 1. The fourth-order valence-electron chi connectivity index (χ4n) is 1.45. The van der Waals surface area contributed by atoms with Gasteiger partial charge in [0.2, 0.25) is 0 Å². The van der Waals surface area contributed by atoms with Gasteiger partial charge in [0.05, 0.1) is 18.5 Å². The van der Waals surface area contributed by atoms with E-state index in [0.29, 0.717) is 12.4 Å². The van der Waals surface area contributed by atoms with E-state index < -0.39 is 0 Å². The Balaban J connectivity index is 2.87. The van der Waals surface area contributed by atoms with Crippen LogP contribution in [-0.2, 0) is 4.74 Å². The number of carbonyl (C=O) groups excluding carboxylic acids is 1. The number of ether oxygens (including phenoxy) is 1. The monoisotopic (exact) mass is 252 g/mol. The molecule has 1 amide bonds. The molecule has 0 aromatic carbocycles. The average molecular weight is 252 g/mol. The molecule has 1 unspecified atom stereocenters. The van der Waals surface area contributed by atoms with E-state index in [0.717, 1.165) is 0 Å². The number of nitrogen functional groups attached to an aromatic ring is 1. The highest BCUT2D eigenvalue weighted by Crippen LogP contribution is 2.13. The highest BCUT2D eigenvalue weighted by atomic mass is 16.5. The molecular formula is C12H20N4O2. The number of rotatable bonds is 5. The van der Waals surface area contributed by atoms with Crippen molar-refractivity contribution in [2.75, 3.05) is 19.5 Å². The van der Waals surface area contributed by atoms with Gasteiger partial charge in [-0.1, -0.05) is 13.8 Å². The minimum Gasteiger partial charge on any atom is -0.396 e. The zero-order valence-corrected chi connectivity index (χ0v) is 11.2. The molecule has 1 atom stereocenters. The molecule has 0 aliphatic heterocycles. The molecule has 1 aromatic rings. The average Bonchev–Trinajstić information content (AvgIpc) is 2.29. The zero-order valence-electron chi connectivity index (χ0n) is 11.2. The Morgan fingerprint density at radius 3 is 2.72 bits per heavy atom. The van der Waals surface area contributed by atoms with Gasteiger partial charge in [-0.15, -0.1) is 0 Å². The Bertz CT molecular complexity index is 421. The lowest BCUT2D eigenvalue weighted by atomic mass is 10.2. The summed E-state index contributed by atoms with van der Waals surface area (Å²) in [6, 6.07) is -0.0978. The predicted molar refractivity (Wildman–Crippen MR) is 69.3 cm³/mol. The van der Waals surface area contributed by atoms with Gasteiger partial charge in [-0.3, -0.25) is 4.79 Å². The van der Waals surface area contributed by atoms with Crippen molar-refractivity contribution in [2.24, 2.45) is 0 Å². The summed E-state index contributed by atoms with van der Waals surface area (Å²) in [6.07, 6.45) is 1.47. The summed E-state index contributed by atoms with van der Waals surface area (Å²) in [4.78, 5) is 20.3. The fraction of sp³-hybridized carbons (Fsp3) is 0.583. The van der Waals surface area contributed by atoms with Crippen molar-refractivity contribution in [3.8, 4) is 0 Å². The Morgan fingerprint density at radius 2 is 2.17 bits per heavy atom. The lowest BCUT2D eigenvalue weighted by molar-refractivity contribution is 0.0901. The largest absolute Gasteiger partial charge is 0.396 e. The first kappa shape index (κ1) is 14.4. The van der Waals surface area contributed by atoms with E-state index in [4.69, 9.17) is 10.5 Å². The molecule has 0 aliphatic carbocycles. The summed E-state index contributed by atoms with van der Waals surface area (Å²) >= 11 is 0. The quantitative estimate of drug-likeness (QED) is 0.814. The second kappa shape index (κ2) is 6.30. The van der Waals surface area contributed by atoms with Crippen LogP contribution in [0, 0.1) is 0 Å². The third-order valence-corrected chi connectivity index (χ3v) is 2.36. The number of aromatic nitrogens is 2. The molecule has 0 saturated carbocycles. The van der Waals surface area contributed by atoms with Gasteiger partial charge < -0.3 is 15.8 Å². The standard InChI is InChI=1S/C12H20N4O2/c1-7(2)11-14-5-9(13)10(16-11)12(17)15-8(3)6-18-4/h5,7-8H,6,13H2,1-4H3,(H,15,17). The van der Waals surface area contributed by atoms with Gasteiger partial charge >= 0.3 is 0 Å². The molecule has 0 spiro atoms. The van der Waals surface area contributed by atoms with Crippen LogP contribution < -0.4 is 11.1 Å². The minimum atomic E-state index is -0.304. The van der Waals surface area contributed by atoms with Crippen molar-refractivity contribution in [3.05, 3.63) is 17.7 Å². The molecular weight excluding hydrogens is 232 g/mol. The van der Waals surface area contributed by atoms with Crippen LogP contribution in [0.3, 0.4) is 0 Å². The van der Waals surface area contributed by atoms with Crippen LogP contribution in [0.5, 0.6) is 0 Å². The van der Waals surface area contributed by atoms with Gasteiger partial charge in [0.25, 0.3) is 5.91 Å². The van der Waals surface area contributed by atoms with E-state index in [1.165, 1.54) is 6.20 Å². The normalized spacial score (nSPS) is 12.5. The highest BCUT2D eigenvalue weighted by Gasteiger charge is 2.16. The van der Waals surface area contributed by atoms with Gasteiger partial charge in [-0.05, 0) is 6.92 Å². The summed E-state index contributed by atoms with van der Waals surface area (Å²) in [6.45, 7) is 6.21. The number of anilines is 1. The summed E-state index contributed by atoms with van der Waals surface area (Å²) < 4.78 is 4.95. The molecule has 3 N–H and O–H groups in total. The summed E-state index contributed by atoms with van der Waals surface area (Å²) in [5, 5.41) is 2.77. The van der Waals surface area contributed by atoms with Crippen LogP contribution in [0.25, 0.3) is 0 Å². The topological polar surface area (TPSA) is 90.1 Å². The Labute approximate surface area is 107 Å². The van der Waals surface area contributed by atoms with Crippen molar-refractivity contribution in [1.82, 2.24) is 15.3 Å². The number of nitrogens with two attached hydrogens (primary N) is 1. The maximum absolute atomic E-state index is 12.0. The number of hydrogen-bond acceptors (Lipinski definition) is 5. The van der Waals surface area contributed by atoms with Crippen molar-refractivity contribution < 1.29 is 9.53 Å². The molecule has 0 radical (unpaired) electrons. The third kappa shape index (κ3) is 3.66. The molecule has 18 heavy (non-hydrogen) atoms. The van der Waals surface area contributed by atoms with E-state index in [-0.39, 0.29) is 29.2 Å². The zero-order chi connectivity index (χ0) is 13.7. The van der Waals surface area contributed by atoms with Crippen LogP contribution in [0.4, 0.5) is 5.69 Å². The number of carbonyl (C=O) groups is 1. The molecule has 0 fully saturated rings. The van der Waals surface area contributed by atoms with Crippen LogP contribution in [0.1, 0.15) is 43.0 Å². The van der Waals surface area contributed by atoms with Crippen molar-refractivity contribution in [2.45, 2.75) is 32.7 Å². The number of nitrogens with one attached hydrogen (secondary N) is 1. The molecule has 6 heteroatoms. The van der Waals surface area contributed by atoms with Gasteiger partial charge in [0, 0.05) is 19.1 Å². The molecule has 1 rings (SSSR count). The van der Waals surface area contributed by atoms with E-state index in [1.807, 2.05) is 20.8 Å². The molecule has 6 nitrogen and oxygen atoms in total. The Morgan fingerprint density at radius 1 is 1.50 bits per heavy atom. The molecule has 0 aliphatic rings. The van der Waals surface area contributed by atoms with Crippen molar-refractivity contribution >= 4 is 11.6 Å². The van der Waals surface area contributed by atoms with Gasteiger partial charge in [-0.25, -0.2) is 9.97 Å². The van der Waals surface area contributed by atoms with Gasteiger partial charge in [0.1, 0.15) is 5.82 Å². The molecule has 0 saturated heterocycles. The van der Waals surface area contributed by atoms with Crippen LogP contribution in [0.15, 0.2) is 6.20 Å². The maximum Gasteiger partial charge on any atom is 0.272 e. The first-order valence-corrected chi connectivity index (χ1v) is 5.88. The number of nitrogens with zero attached hydrogens (tertiary/aromatic N) is 2. The lowest BCUT2D eigenvalue weighted by Crippen LogP contribution is -2.36. The number of methoxy groups -OCH3 is 1. The van der Waals surface area contributed by atoms with Gasteiger partial charge in [-0.2, -0.15) is 0 Å². The Hall–Kier alpha value is -1.69. The smallest absolute Gasteiger partial charge is 0.272 e. The van der Waals surface area contributed by atoms with Crippen LogP contribution in [-0.4, -0.2) is 35.6 Å². The van der Waals surface area contributed by atoms with E-state index in [1.54, 1.807) is 7.11 Å². The minimum absolute atomic E-state index is 0.0978. The van der Waals surface area contributed by atoms with E-state index in [9.17, 15) is 4.79 Å². The molecule has 1 heterocycles. The lowest BCUT2D eigenvalue weighted by Gasteiger charge is -2.14. The van der Waals surface area contributed by atoms with Gasteiger partial charge in [0.15, 0.2) is 5.69 Å². The summed E-state index contributed by atoms with van der Waals surface area (Å²) in [5.74, 6) is 0.448. The molecule has 0 bridgehead atoms. The molecule has 1 aromatic heterocycles. The summed E-state index contributed by atoms with van der Waals surface area (Å²) in [7, 11) is 1.58. The van der Waals surface area contributed by atoms with Crippen LogP contribution in [0.2, 0.25) is 0 Å². The van der Waals surface area contributed by atoms with E-state index >= 15 is 0 Å². The number of hydrogen-bond donors (Lipinski definition) is 2. The summed E-state index contributed by atoms with van der Waals surface area (Å²) in [5.41, 5.74) is 6.22. The predicted octanol–water partition coefficient (Wildman–Crippen LogP) is 0.947. The molecule has 100 valence electrons. The SMILES string of the molecule is COCC(C)NC(=O)c1nc(C(C)C)ncc1N. The van der Waals surface area contributed by atoms with Crippen molar-refractivity contribution in [1.29, 1.82) is 0 Å². The second-order valence-electron chi connectivity index (χ2n) is 4.52. The maximum atomic E-state index is 12.0.